The van der Waals surface area contributed by atoms with Gasteiger partial charge in [-0.1, -0.05) is 12.1 Å². The molecular formula is C23H34FIN6O2. The fourth-order valence-corrected chi connectivity index (χ4v) is 4.28. The molecule has 2 saturated heterocycles. The Morgan fingerprint density at radius 1 is 1.27 bits per heavy atom. The molecule has 0 spiro atoms. The van der Waals surface area contributed by atoms with E-state index in [0.717, 1.165) is 43.3 Å². The lowest BCUT2D eigenvalue weighted by Gasteiger charge is -2.36. The van der Waals surface area contributed by atoms with E-state index in [4.69, 9.17) is 14.5 Å². The van der Waals surface area contributed by atoms with Gasteiger partial charge in [-0.3, -0.25) is 14.6 Å². The van der Waals surface area contributed by atoms with Crippen LogP contribution in [0.15, 0.2) is 41.7 Å². The third-order valence-corrected chi connectivity index (χ3v) is 5.93. The van der Waals surface area contributed by atoms with Crippen LogP contribution >= 0.6 is 24.0 Å². The lowest BCUT2D eigenvalue weighted by atomic mass is 10.0. The Morgan fingerprint density at radius 2 is 2.09 bits per heavy atom. The Morgan fingerprint density at radius 3 is 2.79 bits per heavy atom. The van der Waals surface area contributed by atoms with E-state index >= 15 is 0 Å². The van der Waals surface area contributed by atoms with Crippen LogP contribution in [0, 0.1) is 5.82 Å². The van der Waals surface area contributed by atoms with Crippen LogP contribution in [0.4, 0.5) is 4.39 Å². The number of halogens is 2. The van der Waals surface area contributed by atoms with Gasteiger partial charge in [0.05, 0.1) is 45.1 Å². The molecule has 2 aromatic rings. The van der Waals surface area contributed by atoms with Gasteiger partial charge < -0.3 is 19.7 Å². The lowest BCUT2D eigenvalue weighted by Crippen LogP contribution is -2.48. The predicted molar refractivity (Wildman–Crippen MR) is 136 cm³/mol. The van der Waals surface area contributed by atoms with Crippen molar-refractivity contribution < 1.29 is 13.9 Å². The van der Waals surface area contributed by atoms with Gasteiger partial charge in [0.15, 0.2) is 5.96 Å². The van der Waals surface area contributed by atoms with Gasteiger partial charge in [-0.05, 0) is 24.6 Å². The normalized spacial score (nSPS) is 20.9. The van der Waals surface area contributed by atoms with E-state index in [-0.39, 0.29) is 41.9 Å². The highest BCUT2D eigenvalue weighted by Crippen LogP contribution is 2.24. The number of ether oxygens (including phenoxy) is 2. The molecule has 182 valence electrons. The van der Waals surface area contributed by atoms with Gasteiger partial charge in [0.1, 0.15) is 11.9 Å². The van der Waals surface area contributed by atoms with Crippen molar-refractivity contribution in [3.63, 3.8) is 0 Å². The molecule has 10 heteroatoms. The zero-order chi connectivity index (χ0) is 22.3. The van der Waals surface area contributed by atoms with Crippen molar-refractivity contribution in [2.75, 3.05) is 59.1 Å². The first-order valence-corrected chi connectivity index (χ1v) is 11.3. The highest BCUT2D eigenvalue weighted by atomic mass is 127. The van der Waals surface area contributed by atoms with Gasteiger partial charge in [-0.25, -0.2) is 4.39 Å². The molecule has 2 atom stereocenters. The Balaban J connectivity index is 0.00000306. The summed E-state index contributed by atoms with van der Waals surface area (Å²) in [5, 5.41) is 7.71. The molecular weight excluding hydrogens is 538 g/mol. The maximum atomic E-state index is 14.0. The first-order chi connectivity index (χ1) is 15.6. The molecule has 1 aromatic heterocycles. The van der Waals surface area contributed by atoms with Crippen LogP contribution in [-0.4, -0.2) is 84.6 Å². The number of hydrogen-bond acceptors (Lipinski definition) is 5. The molecule has 0 radical (unpaired) electrons. The monoisotopic (exact) mass is 572 g/mol. The minimum atomic E-state index is -0.218. The maximum absolute atomic E-state index is 14.0. The van der Waals surface area contributed by atoms with Crippen molar-refractivity contribution in [1.82, 2.24) is 24.9 Å². The fraction of sp³-hybridized carbons (Fsp3) is 0.565. The van der Waals surface area contributed by atoms with E-state index in [1.54, 1.807) is 16.8 Å². The van der Waals surface area contributed by atoms with Crippen molar-refractivity contribution in [2.24, 2.45) is 12.0 Å². The molecule has 4 rings (SSSR count). The van der Waals surface area contributed by atoms with Crippen LogP contribution in [0.2, 0.25) is 0 Å². The van der Waals surface area contributed by atoms with Gasteiger partial charge in [-0.15, -0.1) is 24.0 Å². The average Bonchev–Trinajstić information content (AvgIpc) is 3.26. The summed E-state index contributed by atoms with van der Waals surface area (Å²) in [6, 6.07) is 6.86. The number of aryl methyl sites for hydroxylation is 1. The van der Waals surface area contributed by atoms with E-state index in [0.29, 0.717) is 32.9 Å². The van der Waals surface area contributed by atoms with Crippen LogP contribution in [-0.2, 0) is 16.5 Å². The van der Waals surface area contributed by atoms with E-state index in [9.17, 15) is 4.39 Å². The molecule has 2 aliphatic heterocycles. The van der Waals surface area contributed by atoms with Crippen LogP contribution in [0.1, 0.15) is 30.2 Å². The number of nitrogens with zero attached hydrogens (tertiary/aromatic N) is 5. The molecule has 0 bridgehead atoms. The summed E-state index contributed by atoms with van der Waals surface area (Å²) in [7, 11) is 1.91. The fourth-order valence-electron chi connectivity index (χ4n) is 4.28. The Bertz CT molecular complexity index is 905. The number of nitrogens with one attached hydrogen (secondary N) is 1. The summed E-state index contributed by atoms with van der Waals surface area (Å²) in [4.78, 5) is 9.58. The van der Waals surface area contributed by atoms with Crippen molar-refractivity contribution in [3.05, 3.63) is 53.6 Å². The minimum Gasteiger partial charge on any atom is -0.379 e. The second kappa shape index (κ2) is 12.6. The molecule has 2 fully saturated rings. The average molecular weight is 572 g/mol. The molecule has 3 heterocycles. The zero-order valence-electron chi connectivity index (χ0n) is 19.3. The third-order valence-electron chi connectivity index (χ3n) is 5.93. The number of rotatable bonds is 6. The van der Waals surface area contributed by atoms with Gasteiger partial charge >= 0.3 is 0 Å². The van der Waals surface area contributed by atoms with Crippen LogP contribution in [0.5, 0.6) is 0 Å². The summed E-state index contributed by atoms with van der Waals surface area (Å²) < 4.78 is 27.3. The quantitative estimate of drug-likeness (QED) is 0.326. The lowest BCUT2D eigenvalue weighted by molar-refractivity contribution is -0.00823. The van der Waals surface area contributed by atoms with E-state index in [1.807, 2.05) is 25.5 Å². The summed E-state index contributed by atoms with van der Waals surface area (Å²) in [6.07, 6.45) is 3.81. The maximum Gasteiger partial charge on any atom is 0.194 e. The first kappa shape index (κ1) is 25.9. The molecule has 1 aromatic carbocycles. The highest BCUT2D eigenvalue weighted by molar-refractivity contribution is 14.0. The molecule has 1 N–H and O–H groups in total. The van der Waals surface area contributed by atoms with Crippen LogP contribution in [0.3, 0.4) is 0 Å². The molecule has 2 unspecified atom stereocenters. The standard InChI is InChI=1S/C23H33FN6O2.HI/c1-3-25-23(30-9-12-32-22(17-30)19-14-27-28(2)16-19)26-15-21(29-7-10-31-11-8-29)18-5-4-6-20(24)13-18;/h4-6,13-14,16,21-22H,3,7-12,15,17H2,1-2H3,(H,25,26);1H. The van der Waals surface area contributed by atoms with Crippen molar-refractivity contribution in [2.45, 2.75) is 19.1 Å². The Labute approximate surface area is 212 Å². The minimum absolute atomic E-state index is 0. The Kier molecular flexibility index (Phi) is 9.90. The molecule has 0 saturated carbocycles. The van der Waals surface area contributed by atoms with Crippen molar-refractivity contribution in [3.8, 4) is 0 Å². The van der Waals surface area contributed by atoms with E-state index in [2.05, 4.69) is 27.1 Å². The molecule has 0 amide bonds. The molecule has 33 heavy (non-hydrogen) atoms. The first-order valence-electron chi connectivity index (χ1n) is 11.3. The van der Waals surface area contributed by atoms with Crippen molar-refractivity contribution >= 4 is 29.9 Å². The number of aromatic nitrogens is 2. The third kappa shape index (κ3) is 6.87. The van der Waals surface area contributed by atoms with Gasteiger partial charge in [0, 0.05) is 45.0 Å². The summed E-state index contributed by atoms with van der Waals surface area (Å²) in [5.41, 5.74) is 2.01. The van der Waals surface area contributed by atoms with E-state index < -0.39 is 0 Å². The van der Waals surface area contributed by atoms with Crippen LogP contribution < -0.4 is 5.32 Å². The summed E-state index contributed by atoms with van der Waals surface area (Å²) in [5.74, 6) is 0.642. The molecule has 2 aliphatic rings. The number of morpholine rings is 2. The second-order valence-electron chi connectivity index (χ2n) is 8.17. The summed E-state index contributed by atoms with van der Waals surface area (Å²) in [6.45, 7) is 8.49. The number of benzene rings is 1. The topological polar surface area (TPSA) is 67.2 Å². The van der Waals surface area contributed by atoms with Crippen molar-refractivity contribution in [1.29, 1.82) is 0 Å². The SMILES string of the molecule is CCNC(=NCC(c1cccc(F)c1)N1CCOCC1)N1CCOC(c2cnn(C)c2)C1.I. The van der Waals surface area contributed by atoms with E-state index in [1.165, 1.54) is 6.07 Å². The predicted octanol–water partition coefficient (Wildman–Crippen LogP) is 2.59. The molecule has 0 aliphatic carbocycles. The Hall–Kier alpha value is -1.76. The zero-order valence-corrected chi connectivity index (χ0v) is 21.7. The smallest absolute Gasteiger partial charge is 0.194 e. The second-order valence-corrected chi connectivity index (χ2v) is 8.17. The highest BCUT2D eigenvalue weighted by Gasteiger charge is 2.27. The number of hydrogen-bond donors (Lipinski definition) is 1. The van der Waals surface area contributed by atoms with Crippen LogP contribution in [0.25, 0.3) is 0 Å². The largest absolute Gasteiger partial charge is 0.379 e. The summed E-state index contributed by atoms with van der Waals surface area (Å²) >= 11 is 0. The number of guanidine groups is 1. The van der Waals surface area contributed by atoms with Gasteiger partial charge in [-0.2, -0.15) is 5.10 Å². The number of aliphatic imine (C=N–C) groups is 1. The van der Waals surface area contributed by atoms with Gasteiger partial charge in [0.2, 0.25) is 0 Å². The van der Waals surface area contributed by atoms with Gasteiger partial charge in [0.25, 0.3) is 0 Å². The molecule has 8 nitrogen and oxygen atoms in total.